The Hall–Kier alpha value is -3.00. The van der Waals surface area contributed by atoms with Crippen molar-refractivity contribution in [1.82, 2.24) is 19.8 Å². The Morgan fingerprint density at radius 3 is 2.67 bits per heavy atom. The van der Waals surface area contributed by atoms with Crippen LogP contribution in [0.1, 0.15) is 16.8 Å². The first-order valence-electron chi connectivity index (χ1n) is 6.66. The van der Waals surface area contributed by atoms with Gasteiger partial charge in [0.15, 0.2) is 5.65 Å². The van der Waals surface area contributed by atoms with Crippen molar-refractivity contribution in [1.29, 1.82) is 5.26 Å². The van der Waals surface area contributed by atoms with Crippen LogP contribution in [0.5, 0.6) is 0 Å². The molecule has 0 bridgehead atoms. The number of pyridine rings is 1. The lowest BCUT2D eigenvalue weighted by Crippen LogP contribution is -2.02. The highest BCUT2D eigenvalue weighted by atomic mass is 15.3. The summed E-state index contributed by atoms with van der Waals surface area (Å²) in [4.78, 5) is 0. The summed E-state index contributed by atoms with van der Waals surface area (Å²) in [5.41, 5.74) is 4.91. The Kier molecular flexibility index (Phi) is 3.20. The summed E-state index contributed by atoms with van der Waals surface area (Å²) in [5, 5.41) is 19.9. The highest BCUT2D eigenvalue weighted by Crippen LogP contribution is 2.23. The summed E-state index contributed by atoms with van der Waals surface area (Å²) in [6.07, 6.45) is 1.82. The van der Waals surface area contributed by atoms with E-state index >= 15 is 0 Å². The third kappa shape index (κ3) is 2.28. The van der Waals surface area contributed by atoms with Gasteiger partial charge in [0.25, 0.3) is 0 Å². The lowest BCUT2D eigenvalue weighted by atomic mass is 10.1. The quantitative estimate of drug-likeness (QED) is 0.716. The number of aryl methyl sites for hydroxylation is 2. The molecular formula is C16H15N5. The van der Waals surface area contributed by atoms with Gasteiger partial charge in [-0.15, -0.1) is 0 Å². The molecule has 1 aromatic carbocycles. The Labute approximate surface area is 122 Å². The Morgan fingerprint density at radius 1 is 1.19 bits per heavy atom. The maximum Gasteiger partial charge on any atom is 0.190 e. The van der Waals surface area contributed by atoms with Gasteiger partial charge >= 0.3 is 0 Å². The van der Waals surface area contributed by atoms with E-state index in [2.05, 4.69) is 21.4 Å². The number of hydrogen-bond acceptors (Lipinski definition) is 2. The molecule has 0 aliphatic heterocycles. The first-order valence-corrected chi connectivity index (χ1v) is 6.66. The van der Waals surface area contributed by atoms with E-state index in [-0.39, 0.29) is 0 Å². The van der Waals surface area contributed by atoms with E-state index in [1.165, 1.54) is 0 Å². The van der Waals surface area contributed by atoms with Gasteiger partial charge in [-0.3, -0.25) is 10.2 Å². The average molecular weight is 277 g/mol. The molecular weight excluding hydrogens is 262 g/mol. The molecule has 0 saturated carbocycles. The van der Waals surface area contributed by atoms with Gasteiger partial charge in [-0.2, -0.15) is 10.4 Å². The zero-order valence-corrected chi connectivity index (χ0v) is 11.9. The van der Waals surface area contributed by atoms with E-state index in [1.807, 2.05) is 61.0 Å². The topological polar surface area (TPSA) is 72.7 Å². The molecule has 0 amide bonds. The van der Waals surface area contributed by atoms with Crippen LogP contribution in [-0.2, 0) is 0 Å². The predicted molar refractivity (Wildman–Crippen MR) is 81.1 cm³/mol. The summed E-state index contributed by atoms with van der Waals surface area (Å²) in [5.74, 6) is 0. The minimum absolute atomic E-state index is 0.554. The van der Waals surface area contributed by atoms with Gasteiger partial charge in [0.05, 0.1) is 5.69 Å². The van der Waals surface area contributed by atoms with Crippen molar-refractivity contribution >= 4 is 5.65 Å². The van der Waals surface area contributed by atoms with Crippen molar-refractivity contribution in [3.63, 3.8) is 0 Å². The third-order valence-electron chi connectivity index (χ3n) is 3.35. The Bertz CT molecular complexity index is 873. The van der Waals surface area contributed by atoms with Crippen molar-refractivity contribution in [2.45, 2.75) is 13.8 Å². The smallest absolute Gasteiger partial charge is 0.190 e. The minimum Gasteiger partial charge on any atom is -0.298 e. The average Bonchev–Trinajstić information content (AvgIpc) is 2.70. The number of aromatic amines is 2. The molecule has 2 N–H and O–H groups in total. The first kappa shape index (κ1) is 13.0. The monoisotopic (exact) mass is 277 g/mol. The largest absolute Gasteiger partial charge is 0.298 e. The molecule has 0 unspecified atom stereocenters. The van der Waals surface area contributed by atoms with Crippen LogP contribution in [0.2, 0.25) is 0 Å². The minimum atomic E-state index is 0.554. The maximum atomic E-state index is 9.40. The number of nitrogens with zero attached hydrogens (tertiary/aromatic N) is 3. The van der Waals surface area contributed by atoms with Crippen molar-refractivity contribution in [3.05, 3.63) is 59.4 Å². The molecule has 5 heteroatoms. The van der Waals surface area contributed by atoms with E-state index < -0.39 is 0 Å². The number of fused-ring (bicyclic) bond motifs is 1. The van der Waals surface area contributed by atoms with Gasteiger partial charge in [-0.05, 0) is 25.5 Å². The van der Waals surface area contributed by atoms with Crippen LogP contribution in [-0.4, -0.2) is 19.8 Å². The number of hydrogen-bond donors (Lipinski definition) is 2. The number of benzene rings is 1. The van der Waals surface area contributed by atoms with Crippen LogP contribution < -0.4 is 0 Å². The van der Waals surface area contributed by atoms with Crippen LogP contribution in [0, 0.1) is 25.2 Å². The van der Waals surface area contributed by atoms with Crippen LogP contribution >= 0.6 is 0 Å². The van der Waals surface area contributed by atoms with E-state index in [0.717, 1.165) is 22.5 Å². The molecule has 0 saturated heterocycles. The maximum absolute atomic E-state index is 9.40. The molecule has 2 heterocycles. The van der Waals surface area contributed by atoms with Gasteiger partial charge in [-0.25, -0.2) is 4.52 Å². The zero-order valence-electron chi connectivity index (χ0n) is 11.9. The fourth-order valence-electron chi connectivity index (χ4n) is 2.27. The van der Waals surface area contributed by atoms with E-state index in [0.29, 0.717) is 11.2 Å². The highest BCUT2D eigenvalue weighted by Gasteiger charge is 2.11. The van der Waals surface area contributed by atoms with E-state index in [9.17, 15) is 5.26 Å². The van der Waals surface area contributed by atoms with Crippen molar-refractivity contribution < 1.29 is 0 Å². The van der Waals surface area contributed by atoms with E-state index in [1.54, 1.807) is 0 Å². The lowest BCUT2D eigenvalue weighted by Gasteiger charge is -2.10. The second kappa shape index (κ2) is 5.17. The molecule has 0 radical (unpaired) electrons. The molecule has 5 nitrogen and oxygen atoms in total. The number of nitrogens with one attached hydrogen (secondary N) is 2. The summed E-state index contributed by atoms with van der Waals surface area (Å²) in [6, 6.07) is 14.2. The van der Waals surface area contributed by atoms with Crippen LogP contribution in [0.4, 0.5) is 0 Å². The first-order chi connectivity index (χ1) is 10.2. The van der Waals surface area contributed by atoms with Crippen LogP contribution in [0.15, 0.2) is 42.6 Å². The highest BCUT2D eigenvalue weighted by molar-refractivity contribution is 5.68. The summed E-state index contributed by atoms with van der Waals surface area (Å²) < 4.78 is 1.82. The molecule has 0 spiro atoms. The standard InChI is InChI=1S/C16H15N5/c1-11-8-15(13-6-4-3-5-7-13)21-16(14(11)9-17)20-19-12(2)10-18-21/h3-8,10,18-19H,1-2H3. The van der Waals surface area contributed by atoms with Crippen LogP contribution in [0.25, 0.3) is 16.9 Å². The lowest BCUT2D eigenvalue weighted by molar-refractivity contribution is 0.920. The van der Waals surface area contributed by atoms with Crippen LogP contribution in [0.3, 0.4) is 0 Å². The molecule has 3 aromatic rings. The molecule has 21 heavy (non-hydrogen) atoms. The second-order valence-electron chi connectivity index (χ2n) is 4.90. The van der Waals surface area contributed by atoms with Gasteiger partial charge < -0.3 is 0 Å². The SMILES string of the molecule is Cc1c[nH]n2c(-c3ccccc3)cc(C)c(C#N)c2n[nH]1. The predicted octanol–water partition coefficient (Wildman–Crippen LogP) is 3.27. The summed E-state index contributed by atoms with van der Waals surface area (Å²) in [7, 11) is 0. The number of aromatic nitrogens is 4. The normalized spacial score (nSPS) is 10.3. The van der Waals surface area contributed by atoms with Gasteiger partial charge in [0.2, 0.25) is 0 Å². The molecule has 0 atom stereocenters. The fourth-order valence-corrected chi connectivity index (χ4v) is 2.27. The molecule has 0 aliphatic rings. The Morgan fingerprint density at radius 2 is 1.95 bits per heavy atom. The second-order valence-corrected chi connectivity index (χ2v) is 4.90. The molecule has 2 aromatic heterocycles. The Balaban J connectivity index is 2.48. The van der Waals surface area contributed by atoms with Crippen molar-refractivity contribution in [2.75, 3.05) is 0 Å². The number of rotatable bonds is 1. The zero-order chi connectivity index (χ0) is 14.8. The van der Waals surface area contributed by atoms with Gasteiger partial charge in [0, 0.05) is 17.5 Å². The van der Waals surface area contributed by atoms with Crippen molar-refractivity contribution in [3.8, 4) is 17.3 Å². The summed E-state index contributed by atoms with van der Waals surface area (Å²) >= 11 is 0. The number of H-pyrrole nitrogens is 2. The molecule has 104 valence electrons. The third-order valence-corrected chi connectivity index (χ3v) is 3.35. The molecule has 0 fully saturated rings. The molecule has 3 rings (SSSR count). The summed E-state index contributed by atoms with van der Waals surface area (Å²) in [6.45, 7) is 3.83. The molecule has 0 aliphatic carbocycles. The fraction of sp³-hybridized carbons (Fsp3) is 0.125. The van der Waals surface area contributed by atoms with Gasteiger partial charge in [0.1, 0.15) is 11.6 Å². The van der Waals surface area contributed by atoms with Gasteiger partial charge in [-0.1, -0.05) is 30.3 Å². The van der Waals surface area contributed by atoms with Crippen molar-refractivity contribution in [2.24, 2.45) is 0 Å². The van der Waals surface area contributed by atoms with E-state index in [4.69, 9.17) is 0 Å². The number of nitriles is 1.